The number of benzene rings is 2. The van der Waals surface area contributed by atoms with E-state index in [-0.39, 0.29) is 9.79 Å². The van der Waals surface area contributed by atoms with E-state index < -0.39 is 20.0 Å². The molecule has 0 radical (unpaired) electrons. The third kappa shape index (κ3) is 5.71. The van der Waals surface area contributed by atoms with Crippen LogP contribution in [0.4, 0.5) is 11.4 Å². The first-order chi connectivity index (χ1) is 13.4. The number of nitrogens with one attached hydrogen (secondary N) is 1. The van der Waals surface area contributed by atoms with E-state index in [2.05, 4.69) is 18.6 Å². The standard InChI is InChI=1S/C20H29N3O4S2/c1-16(2)14-15-23(5)20-9-7-6-8-19(20)21-28(24,25)17-10-12-18(13-11-17)29(26,27)22(3)4/h6-13,16,21H,14-15H2,1-5H3. The van der Waals surface area contributed by atoms with Gasteiger partial charge in [0.1, 0.15) is 0 Å². The molecule has 0 spiro atoms. The summed E-state index contributed by atoms with van der Waals surface area (Å²) in [5.41, 5.74) is 1.26. The quantitative estimate of drug-likeness (QED) is 0.648. The minimum Gasteiger partial charge on any atom is -0.373 e. The van der Waals surface area contributed by atoms with Crippen molar-refractivity contribution in [3.05, 3.63) is 48.5 Å². The molecule has 0 heterocycles. The van der Waals surface area contributed by atoms with E-state index in [0.717, 1.165) is 23.0 Å². The molecule has 160 valence electrons. The Balaban J connectivity index is 2.28. The predicted octanol–water partition coefficient (Wildman–Crippen LogP) is 3.22. The molecule has 1 N–H and O–H groups in total. The largest absolute Gasteiger partial charge is 0.373 e. The lowest BCUT2D eigenvalue weighted by molar-refractivity contribution is 0.520. The molecular formula is C20H29N3O4S2. The summed E-state index contributed by atoms with van der Waals surface area (Å²) in [6.07, 6.45) is 0.986. The molecule has 2 aromatic carbocycles. The highest BCUT2D eigenvalue weighted by atomic mass is 32.2. The van der Waals surface area contributed by atoms with Gasteiger partial charge in [-0.05, 0) is 48.7 Å². The van der Waals surface area contributed by atoms with Crippen molar-refractivity contribution in [3.8, 4) is 0 Å². The fourth-order valence-corrected chi connectivity index (χ4v) is 4.65. The maximum atomic E-state index is 12.8. The normalized spacial score (nSPS) is 12.4. The highest BCUT2D eigenvalue weighted by molar-refractivity contribution is 7.92. The average Bonchev–Trinajstić information content (AvgIpc) is 2.66. The molecule has 0 bridgehead atoms. The van der Waals surface area contributed by atoms with Crippen molar-refractivity contribution >= 4 is 31.4 Å². The van der Waals surface area contributed by atoms with Crippen LogP contribution in [0.3, 0.4) is 0 Å². The van der Waals surface area contributed by atoms with Crippen molar-refractivity contribution in [1.82, 2.24) is 4.31 Å². The lowest BCUT2D eigenvalue weighted by atomic mass is 10.1. The Morgan fingerprint density at radius 1 is 0.862 bits per heavy atom. The zero-order valence-corrected chi connectivity index (χ0v) is 19.1. The van der Waals surface area contributed by atoms with Gasteiger partial charge >= 0.3 is 0 Å². The molecule has 0 fully saturated rings. The molecule has 0 aliphatic heterocycles. The molecule has 2 aromatic rings. The maximum absolute atomic E-state index is 12.8. The number of hydrogen-bond acceptors (Lipinski definition) is 5. The molecule has 9 heteroatoms. The second-order valence-corrected chi connectivity index (χ2v) is 11.3. The van der Waals surface area contributed by atoms with Crippen LogP contribution in [0.25, 0.3) is 0 Å². The van der Waals surface area contributed by atoms with Gasteiger partial charge in [-0.25, -0.2) is 21.1 Å². The van der Waals surface area contributed by atoms with Crippen LogP contribution in [0.15, 0.2) is 58.3 Å². The Kier molecular flexibility index (Phi) is 7.31. The van der Waals surface area contributed by atoms with E-state index in [1.54, 1.807) is 12.1 Å². The lowest BCUT2D eigenvalue weighted by Gasteiger charge is -2.23. The van der Waals surface area contributed by atoms with Gasteiger partial charge in [0.2, 0.25) is 10.0 Å². The number of rotatable bonds is 9. The summed E-state index contributed by atoms with van der Waals surface area (Å²) >= 11 is 0. The highest BCUT2D eigenvalue weighted by Crippen LogP contribution is 2.28. The minimum absolute atomic E-state index is 0.00478. The van der Waals surface area contributed by atoms with Crippen molar-refractivity contribution in [2.75, 3.05) is 37.3 Å². The number of para-hydroxylation sites is 2. The van der Waals surface area contributed by atoms with Gasteiger partial charge in [0.25, 0.3) is 10.0 Å². The predicted molar refractivity (Wildman–Crippen MR) is 117 cm³/mol. The lowest BCUT2D eigenvalue weighted by Crippen LogP contribution is -2.23. The Morgan fingerprint density at radius 2 is 1.41 bits per heavy atom. The molecule has 0 atom stereocenters. The van der Waals surface area contributed by atoms with Crippen LogP contribution in [0.5, 0.6) is 0 Å². The van der Waals surface area contributed by atoms with Crippen LogP contribution in [0.2, 0.25) is 0 Å². The van der Waals surface area contributed by atoms with Gasteiger partial charge < -0.3 is 4.90 Å². The summed E-state index contributed by atoms with van der Waals surface area (Å²) in [6, 6.07) is 12.4. The highest BCUT2D eigenvalue weighted by Gasteiger charge is 2.21. The first-order valence-electron chi connectivity index (χ1n) is 9.30. The second kappa shape index (κ2) is 9.15. The molecule has 0 aromatic heterocycles. The SMILES string of the molecule is CC(C)CCN(C)c1ccccc1NS(=O)(=O)c1ccc(S(=O)(=O)N(C)C)cc1. The summed E-state index contributed by atoms with van der Waals surface area (Å²) in [7, 11) is -2.71. The summed E-state index contributed by atoms with van der Waals surface area (Å²) in [5.74, 6) is 0.540. The van der Waals surface area contributed by atoms with Crippen molar-refractivity contribution in [2.45, 2.75) is 30.1 Å². The Bertz CT molecular complexity index is 1030. The Hall–Kier alpha value is -2.10. The molecule has 2 rings (SSSR count). The van der Waals surface area contributed by atoms with E-state index in [4.69, 9.17) is 0 Å². The van der Waals surface area contributed by atoms with Crippen LogP contribution in [-0.4, -0.2) is 48.8 Å². The molecule has 0 aliphatic carbocycles. The van der Waals surface area contributed by atoms with E-state index >= 15 is 0 Å². The van der Waals surface area contributed by atoms with E-state index in [0.29, 0.717) is 11.6 Å². The molecule has 0 saturated heterocycles. The average molecular weight is 440 g/mol. The van der Waals surface area contributed by atoms with Crippen molar-refractivity contribution < 1.29 is 16.8 Å². The summed E-state index contributed by atoms with van der Waals surface area (Å²) in [4.78, 5) is 2.05. The molecule has 7 nitrogen and oxygen atoms in total. The molecule has 0 aliphatic rings. The zero-order chi connectivity index (χ0) is 21.8. The fraction of sp³-hybridized carbons (Fsp3) is 0.400. The van der Waals surface area contributed by atoms with Crippen LogP contribution < -0.4 is 9.62 Å². The van der Waals surface area contributed by atoms with Crippen molar-refractivity contribution in [3.63, 3.8) is 0 Å². The molecule has 29 heavy (non-hydrogen) atoms. The maximum Gasteiger partial charge on any atom is 0.261 e. The fourth-order valence-electron chi connectivity index (χ4n) is 2.67. The third-order valence-electron chi connectivity index (χ3n) is 4.51. The van der Waals surface area contributed by atoms with Gasteiger partial charge in [-0.3, -0.25) is 4.72 Å². The van der Waals surface area contributed by atoms with Crippen LogP contribution in [0, 0.1) is 5.92 Å². The Labute approximate surface area is 174 Å². The van der Waals surface area contributed by atoms with Crippen molar-refractivity contribution in [1.29, 1.82) is 0 Å². The van der Waals surface area contributed by atoms with Gasteiger partial charge in [-0.2, -0.15) is 0 Å². The van der Waals surface area contributed by atoms with E-state index in [9.17, 15) is 16.8 Å². The second-order valence-electron chi connectivity index (χ2n) is 7.49. The summed E-state index contributed by atoms with van der Waals surface area (Å²) in [6.45, 7) is 5.08. The summed E-state index contributed by atoms with van der Waals surface area (Å²) in [5, 5.41) is 0. The topological polar surface area (TPSA) is 86.8 Å². The molecule has 0 amide bonds. The van der Waals surface area contributed by atoms with Gasteiger partial charge in [0, 0.05) is 27.7 Å². The minimum atomic E-state index is -3.87. The van der Waals surface area contributed by atoms with Gasteiger partial charge in [-0.15, -0.1) is 0 Å². The molecule has 0 saturated carbocycles. The first kappa shape index (κ1) is 23.2. The smallest absolute Gasteiger partial charge is 0.261 e. The van der Waals surface area contributed by atoms with Crippen LogP contribution in [0.1, 0.15) is 20.3 Å². The summed E-state index contributed by atoms with van der Waals surface area (Å²) < 4.78 is 53.7. The van der Waals surface area contributed by atoms with Crippen LogP contribution in [-0.2, 0) is 20.0 Å². The van der Waals surface area contributed by atoms with Gasteiger partial charge in [0.15, 0.2) is 0 Å². The number of sulfonamides is 2. The number of anilines is 2. The van der Waals surface area contributed by atoms with Gasteiger partial charge in [-0.1, -0.05) is 26.0 Å². The monoisotopic (exact) mass is 439 g/mol. The van der Waals surface area contributed by atoms with E-state index in [1.807, 2.05) is 24.1 Å². The van der Waals surface area contributed by atoms with E-state index in [1.165, 1.54) is 38.4 Å². The number of hydrogen-bond donors (Lipinski definition) is 1. The zero-order valence-electron chi connectivity index (χ0n) is 17.5. The van der Waals surface area contributed by atoms with Crippen molar-refractivity contribution in [2.24, 2.45) is 5.92 Å². The van der Waals surface area contributed by atoms with Gasteiger partial charge in [0.05, 0.1) is 21.2 Å². The molecule has 0 unspecified atom stereocenters. The number of nitrogens with zero attached hydrogens (tertiary/aromatic N) is 2. The third-order valence-corrected chi connectivity index (χ3v) is 7.72. The Morgan fingerprint density at radius 3 is 1.97 bits per heavy atom. The molecular weight excluding hydrogens is 410 g/mol. The first-order valence-corrected chi connectivity index (χ1v) is 12.2. The van der Waals surface area contributed by atoms with Crippen LogP contribution >= 0.6 is 0 Å².